The molecule has 1 heterocycles. The van der Waals surface area contributed by atoms with Crippen molar-refractivity contribution in [2.75, 3.05) is 13.2 Å². The van der Waals surface area contributed by atoms with Crippen molar-refractivity contribution in [2.24, 2.45) is 7.05 Å². The van der Waals surface area contributed by atoms with Crippen molar-refractivity contribution >= 4 is 11.8 Å². The average Bonchev–Trinajstić information content (AvgIpc) is 2.92. The summed E-state index contributed by atoms with van der Waals surface area (Å²) in [4.78, 5) is 23.6. The Hall–Kier alpha value is -2.63. The highest BCUT2D eigenvalue weighted by Gasteiger charge is 2.13. The highest BCUT2D eigenvalue weighted by atomic mass is 16.5. The van der Waals surface area contributed by atoms with Crippen LogP contribution in [-0.4, -0.2) is 34.7 Å². The summed E-state index contributed by atoms with van der Waals surface area (Å²) in [5.74, 6) is -0.140. The molecule has 0 radical (unpaired) electrons. The molecule has 2 aromatic rings. The third-order valence-corrected chi connectivity index (χ3v) is 2.76. The number of Topliss-reactive ketones (excluding diaryl/α,β-unsaturated/α-hetero) is 1. The quantitative estimate of drug-likeness (QED) is 0.599. The van der Waals surface area contributed by atoms with Gasteiger partial charge in [-0.2, -0.15) is 5.10 Å². The van der Waals surface area contributed by atoms with Crippen molar-refractivity contribution < 1.29 is 19.1 Å². The van der Waals surface area contributed by atoms with Gasteiger partial charge in [-0.15, -0.1) is 0 Å². The highest BCUT2D eigenvalue weighted by Crippen LogP contribution is 2.12. The number of rotatable bonds is 6. The second-order valence-electron chi connectivity index (χ2n) is 4.36. The van der Waals surface area contributed by atoms with Crippen molar-refractivity contribution in [3.8, 4) is 5.75 Å². The predicted octanol–water partition coefficient (Wildman–Crippen LogP) is 1.86. The van der Waals surface area contributed by atoms with Crippen LogP contribution < -0.4 is 4.74 Å². The molecule has 0 fully saturated rings. The van der Waals surface area contributed by atoms with Gasteiger partial charge in [0.05, 0.1) is 18.4 Å². The van der Waals surface area contributed by atoms with E-state index >= 15 is 0 Å². The Labute approximate surface area is 122 Å². The van der Waals surface area contributed by atoms with Gasteiger partial charge in [-0.05, 0) is 31.2 Å². The van der Waals surface area contributed by atoms with Crippen LogP contribution in [-0.2, 0) is 11.8 Å². The van der Waals surface area contributed by atoms with Crippen molar-refractivity contribution in [3.05, 3.63) is 47.8 Å². The summed E-state index contributed by atoms with van der Waals surface area (Å²) in [6.45, 7) is 2.15. The topological polar surface area (TPSA) is 70.4 Å². The van der Waals surface area contributed by atoms with Crippen LogP contribution in [0.2, 0.25) is 0 Å². The zero-order chi connectivity index (χ0) is 15.2. The van der Waals surface area contributed by atoms with Crippen molar-refractivity contribution in [1.82, 2.24) is 9.78 Å². The molecule has 0 atom stereocenters. The second kappa shape index (κ2) is 6.69. The fourth-order valence-electron chi connectivity index (χ4n) is 1.73. The molecule has 6 heteroatoms. The Morgan fingerprint density at radius 2 is 1.90 bits per heavy atom. The third-order valence-electron chi connectivity index (χ3n) is 2.76. The summed E-state index contributed by atoms with van der Waals surface area (Å²) in [7, 11) is 1.70. The minimum atomic E-state index is -0.567. The van der Waals surface area contributed by atoms with E-state index in [4.69, 9.17) is 9.47 Å². The summed E-state index contributed by atoms with van der Waals surface area (Å²) in [6, 6.07) is 6.70. The van der Waals surface area contributed by atoms with Gasteiger partial charge in [0.15, 0.2) is 12.4 Å². The smallest absolute Gasteiger partial charge is 0.341 e. The molecule has 0 aliphatic heterocycles. The maximum Gasteiger partial charge on any atom is 0.341 e. The van der Waals surface area contributed by atoms with Crippen LogP contribution >= 0.6 is 0 Å². The number of nitrogens with zero attached hydrogens (tertiary/aromatic N) is 2. The number of aromatic nitrogens is 2. The molecule has 0 saturated carbocycles. The molecule has 21 heavy (non-hydrogen) atoms. The number of benzene rings is 1. The molecule has 6 nitrogen and oxygen atoms in total. The van der Waals surface area contributed by atoms with E-state index in [1.807, 2.05) is 6.92 Å². The van der Waals surface area contributed by atoms with E-state index in [2.05, 4.69) is 5.10 Å². The van der Waals surface area contributed by atoms with Crippen molar-refractivity contribution in [2.45, 2.75) is 6.92 Å². The second-order valence-corrected chi connectivity index (χ2v) is 4.36. The van der Waals surface area contributed by atoms with Gasteiger partial charge in [0, 0.05) is 18.8 Å². The number of ketones is 1. The summed E-state index contributed by atoms with van der Waals surface area (Å²) in [6.07, 6.45) is 2.92. The number of ether oxygens (including phenoxy) is 2. The number of aryl methyl sites for hydroxylation is 1. The molecule has 0 bridgehead atoms. The molecule has 110 valence electrons. The molecule has 0 aliphatic carbocycles. The molecule has 0 N–H and O–H groups in total. The standard InChI is InChI=1S/C15H16N2O4/c1-3-20-13-6-4-11(5-7-13)14(18)10-21-15(19)12-8-16-17(2)9-12/h4-9H,3,10H2,1-2H3. The Balaban J connectivity index is 1.90. The van der Waals surface area contributed by atoms with Gasteiger partial charge in [0.1, 0.15) is 5.75 Å². The monoisotopic (exact) mass is 288 g/mol. The molecular formula is C15H16N2O4. The zero-order valence-corrected chi connectivity index (χ0v) is 11.9. The molecule has 1 aromatic heterocycles. The average molecular weight is 288 g/mol. The first-order valence-corrected chi connectivity index (χ1v) is 6.52. The summed E-state index contributed by atoms with van der Waals surface area (Å²) in [5.41, 5.74) is 0.787. The predicted molar refractivity (Wildman–Crippen MR) is 75.4 cm³/mol. The first kappa shape index (κ1) is 14.8. The van der Waals surface area contributed by atoms with Crippen LogP contribution in [0.3, 0.4) is 0 Å². The maximum absolute atomic E-state index is 11.9. The number of esters is 1. The number of hydrogen-bond acceptors (Lipinski definition) is 5. The molecular weight excluding hydrogens is 272 g/mol. The third kappa shape index (κ3) is 3.92. The van der Waals surface area contributed by atoms with Gasteiger partial charge in [0.25, 0.3) is 0 Å². The first-order valence-electron chi connectivity index (χ1n) is 6.52. The summed E-state index contributed by atoms with van der Waals surface area (Å²) in [5, 5.41) is 3.87. The van der Waals surface area contributed by atoms with E-state index < -0.39 is 5.97 Å². The molecule has 0 spiro atoms. The van der Waals surface area contributed by atoms with E-state index in [0.29, 0.717) is 23.5 Å². The molecule has 1 aromatic carbocycles. The van der Waals surface area contributed by atoms with Gasteiger partial charge >= 0.3 is 5.97 Å². The van der Waals surface area contributed by atoms with Crippen LogP contribution in [0.5, 0.6) is 5.75 Å². The fourth-order valence-corrected chi connectivity index (χ4v) is 1.73. The normalized spacial score (nSPS) is 10.2. The van der Waals surface area contributed by atoms with E-state index in [1.54, 1.807) is 31.3 Å². The van der Waals surface area contributed by atoms with Crippen molar-refractivity contribution in [3.63, 3.8) is 0 Å². The van der Waals surface area contributed by atoms with E-state index in [1.165, 1.54) is 17.1 Å². The first-order chi connectivity index (χ1) is 10.1. The summed E-state index contributed by atoms with van der Waals surface area (Å²) < 4.78 is 11.7. The van der Waals surface area contributed by atoms with Crippen LogP contribution in [0.1, 0.15) is 27.6 Å². The van der Waals surface area contributed by atoms with Gasteiger partial charge in [-0.1, -0.05) is 0 Å². The fraction of sp³-hybridized carbons (Fsp3) is 0.267. The Kier molecular flexibility index (Phi) is 4.71. The number of hydrogen-bond donors (Lipinski definition) is 0. The van der Waals surface area contributed by atoms with E-state index in [0.717, 1.165) is 0 Å². The lowest BCUT2D eigenvalue weighted by atomic mass is 10.1. The number of carbonyl (C=O) groups excluding carboxylic acids is 2. The minimum absolute atomic E-state index is 0.268. The van der Waals surface area contributed by atoms with Crippen LogP contribution in [0.15, 0.2) is 36.7 Å². The lowest BCUT2D eigenvalue weighted by Gasteiger charge is -2.05. The highest BCUT2D eigenvalue weighted by molar-refractivity contribution is 5.99. The summed E-state index contributed by atoms with van der Waals surface area (Å²) >= 11 is 0. The SMILES string of the molecule is CCOc1ccc(C(=O)COC(=O)c2cnn(C)c2)cc1. The molecule has 0 unspecified atom stereocenters. The Morgan fingerprint density at radius 1 is 1.19 bits per heavy atom. The van der Waals surface area contributed by atoms with Gasteiger partial charge in [0.2, 0.25) is 0 Å². The maximum atomic E-state index is 11.9. The Morgan fingerprint density at radius 3 is 2.48 bits per heavy atom. The zero-order valence-electron chi connectivity index (χ0n) is 11.9. The van der Waals surface area contributed by atoms with Crippen molar-refractivity contribution in [1.29, 1.82) is 0 Å². The Bertz CT molecular complexity index is 631. The molecule has 2 rings (SSSR count). The van der Waals surface area contributed by atoms with Crippen LogP contribution in [0.4, 0.5) is 0 Å². The van der Waals surface area contributed by atoms with E-state index in [-0.39, 0.29) is 12.4 Å². The minimum Gasteiger partial charge on any atom is -0.494 e. The van der Waals surface area contributed by atoms with E-state index in [9.17, 15) is 9.59 Å². The molecule has 0 saturated heterocycles. The van der Waals surface area contributed by atoms with Crippen LogP contribution in [0.25, 0.3) is 0 Å². The largest absolute Gasteiger partial charge is 0.494 e. The molecule has 0 amide bonds. The lowest BCUT2D eigenvalue weighted by Crippen LogP contribution is -2.14. The van der Waals surface area contributed by atoms with Gasteiger partial charge in [-0.25, -0.2) is 4.79 Å². The number of carbonyl (C=O) groups is 2. The lowest BCUT2D eigenvalue weighted by molar-refractivity contribution is 0.0474. The van der Waals surface area contributed by atoms with Crippen LogP contribution in [0, 0.1) is 0 Å². The van der Waals surface area contributed by atoms with Gasteiger partial charge < -0.3 is 9.47 Å². The molecule has 0 aliphatic rings. The van der Waals surface area contributed by atoms with Gasteiger partial charge in [-0.3, -0.25) is 9.48 Å².